The molecule has 0 aliphatic rings. The molecule has 0 bridgehead atoms. The second-order valence-electron chi connectivity index (χ2n) is 20.3. The Hall–Kier alpha value is -1.40. The van der Waals surface area contributed by atoms with Crippen molar-refractivity contribution < 1.29 is 24.5 Å². The molecule has 1 amide bonds. The molecule has 6 heteroatoms. The molecule has 0 heterocycles. The molecule has 2 atom stereocenters. The van der Waals surface area contributed by atoms with Gasteiger partial charge >= 0.3 is 5.97 Å². The summed E-state index contributed by atoms with van der Waals surface area (Å²) in [6.07, 6.45) is 65.2. The van der Waals surface area contributed by atoms with E-state index in [4.69, 9.17) is 4.74 Å². The number of aliphatic hydroxyl groups excluding tert-OH is 2. The summed E-state index contributed by atoms with van der Waals surface area (Å²) in [5.74, 6) is -0.0578. The van der Waals surface area contributed by atoms with Crippen molar-refractivity contribution in [2.24, 2.45) is 0 Å². The summed E-state index contributed by atoms with van der Waals surface area (Å²) < 4.78 is 5.48. The van der Waals surface area contributed by atoms with E-state index in [2.05, 4.69) is 19.2 Å². The van der Waals surface area contributed by atoms with E-state index in [1.807, 2.05) is 6.08 Å². The first-order valence-electron chi connectivity index (χ1n) is 29.5. The third-order valence-corrected chi connectivity index (χ3v) is 13.8. The summed E-state index contributed by atoms with van der Waals surface area (Å²) in [5, 5.41) is 23.1. The van der Waals surface area contributed by atoms with Crippen LogP contribution in [0.2, 0.25) is 0 Å². The maximum Gasteiger partial charge on any atom is 0.305 e. The second kappa shape index (κ2) is 55.2. The maximum atomic E-state index is 12.5. The minimum Gasteiger partial charge on any atom is -0.466 e. The standard InChI is InChI=1S/C59H115NO5/c1-3-5-7-9-11-13-15-17-24-27-31-35-39-43-47-51-57(62)56(55-61)60-58(63)52-48-44-40-36-32-28-25-22-20-19-21-23-26-30-34-38-42-46-50-54-65-59(64)53-49-45-41-37-33-29-18-16-14-12-10-8-6-4-2/h47,51,56-57,61-62H,3-46,48-50,52-55H2,1-2H3,(H,60,63)/b51-47+. The molecule has 0 aromatic carbocycles. The van der Waals surface area contributed by atoms with Gasteiger partial charge in [-0.2, -0.15) is 0 Å². The number of carbonyl (C=O) groups is 2. The highest BCUT2D eigenvalue weighted by Crippen LogP contribution is 2.17. The molecule has 0 spiro atoms. The first-order valence-corrected chi connectivity index (χ1v) is 29.5. The molecule has 3 N–H and O–H groups in total. The number of aliphatic hydroxyl groups is 2. The molecule has 0 aliphatic heterocycles. The number of unbranched alkanes of at least 4 members (excludes halogenated alkanes) is 44. The van der Waals surface area contributed by atoms with Gasteiger partial charge in [0.2, 0.25) is 5.91 Å². The van der Waals surface area contributed by atoms with Gasteiger partial charge in [-0.15, -0.1) is 0 Å². The normalized spacial score (nSPS) is 12.6. The van der Waals surface area contributed by atoms with Crippen molar-refractivity contribution >= 4 is 11.9 Å². The Morgan fingerprint density at radius 3 is 1.05 bits per heavy atom. The van der Waals surface area contributed by atoms with Crippen molar-refractivity contribution in [2.45, 2.75) is 341 Å². The van der Waals surface area contributed by atoms with E-state index in [0.717, 1.165) is 38.5 Å². The minimum atomic E-state index is -0.845. The fourth-order valence-corrected chi connectivity index (χ4v) is 9.28. The van der Waals surface area contributed by atoms with Crippen LogP contribution in [0, 0.1) is 0 Å². The zero-order valence-corrected chi connectivity index (χ0v) is 44.0. The summed E-state index contributed by atoms with van der Waals surface area (Å²) in [5.41, 5.74) is 0. The van der Waals surface area contributed by atoms with E-state index in [1.165, 1.54) is 263 Å². The van der Waals surface area contributed by atoms with Crippen molar-refractivity contribution in [2.75, 3.05) is 13.2 Å². The van der Waals surface area contributed by atoms with Crippen LogP contribution in [0.25, 0.3) is 0 Å². The lowest BCUT2D eigenvalue weighted by atomic mass is 10.0. The summed E-state index contributed by atoms with van der Waals surface area (Å²) in [6.45, 7) is 4.92. The maximum absolute atomic E-state index is 12.5. The molecule has 0 saturated carbocycles. The number of esters is 1. The van der Waals surface area contributed by atoms with E-state index in [9.17, 15) is 19.8 Å². The highest BCUT2D eigenvalue weighted by molar-refractivity contribution is 5.76. The van der Waals surface area contributed by atoms with Gasteiger partial charge in [-0.25, -0.2) is 0 Å². The van der Waals surface area contributed by atoms with E-state index in [-0.39, 0.29) is 18.5 Å². The van der Waals surface area contributed by atoms with Gasteiger partial charge in [0.1, 0.15) is 0 Å². The van der Waals surface area contributed by atoms with Crippen molar-refractivity contribution in [1.82, 2.24) is 5.32 Å². The molecule has 386 valence electrons. The van der Waals surface area contributed by atoms with Crippen LogP contribution in [0.1, 0.15) is 328 Å². The third kappa shape index (κ3) is 51.8. The van der Waals surface area contributed by atoms with Gasteiger partial charge in [0.05, 0.1) is 25.4 Å². The van der Waals surface area contributed by atoms with Gasteiger partial charge in [-0.05, 0) is 32.1 Å². The number of hydrogen-bond donors (Lipinski definition) is 3. The predicted molar refractivity (Wildman–Crippen MR) is 283 cm³/mol. The highest BCUT2D eigenvalue weighted by atomic mass is 16.5. The third-order valence-electron chi connectivity index (χ3n) is 13.8. The number of rotatable bonds is 55. The SMILES string of the molecule is CCCCCCCCCCCCCCC/C=C/C(O)C(CO)NC(=O)CCCCCCCCCCCCCCCCCCCCCOC(=O)CCCCCCCCCCCCCCCC. The van der Waals surface area contributed by atoms with Crippen molar-refractivity contribution in [3.8, 4) is 0 Å². The summed E-state index contributed by atoms with van der Waals surface area (Å²) in [6, 6.07) is -0.629. The second-order valence-corrected chi connectivity index (χ2v) is 20.3. The van der Waals surface area contributed by atoms with Gasteiger partial charge in [-0.1, -0.05) is 296 Å². The Kier molecular flexibility index (Phi) is 54.0. The van der Waals surface area contributed by atoms with Crippen LogP contribution in [0.5, 0.6) is 0 Å². The fourth-order valence-electron chi connectivity index (χ4n) is 9.28. The lowest BCUT2D eigenvalue weighted by molar-refractivity contribution is -0.143. The van der Waals surface area contributed by atoms with Crippen LogP contribution in [0.15, 0.2) is 12.2 Å². The molecular weight excluding hydrogens is 803 g/mol. The molecule has 0 saturated heterocycles. The van der Waals surface area contributed by atoms with Crippen LogP contribution in [-0.4, -0.2) is 47.4 Å². The molecule has 65 heavy (non-hydrogen) atoms. The first kappa shape index (κ1) is 63.6. The highest BCUT2D eigenvalue weighted by Gasteiger charge is 2.18. The molecule has 0 aromatic heterocycles. The Morgan fingerprint density at radius 2 is 0.708 bits per heavy atom. The summed E-state index contributed by atoms with van der Waals surface area (Å²) in [4.78, 5) is 24.5. The van der Waals surface area contributed by atoms with Crippen LogP contribution in [0.3, 0.4) is 0 Å². The smallest absolute Gasteiger partial charge is 0.305 e. The van der Waals surface area contributed by atoms with E-state index in [0.29, 0.717) is 19.4 Å². The zero-order chi connectivity index (χ0) is 47.2. The molecule has 0 aromatic rings. The van der Waals surface area contributed by atoms with Crippen LogP contribution < -0.4 is 5.32 Å². The monoisotopic (exact) mass is 918 g/mol. The molecule has 0 radical (unpaired) electrons. The predicted octanol–water partition coefficient (Wildman–Crippen LogP) is 18.1. The quantitative estimate of drug-likeness (QED) is 0.0321. The Bertz CT molecular complexity index is 970. The average Bonchev–Trinajstić information content (AvgIpc) is 3.31. The molecule has 0 aliphatic carbocycles. The van der Waals surface area contributed by atoms with Gasteiger partial charge in [0.25, 0.3) is 0 Å². The van der Waals surface area contributed by atoms with Crippen molar-refractivity contribution in [3.05, 3.63) is 12.2 Å². The Morgan fingerprint density at radius 1 is 0.415 bits per heavy atom. The molecule has 0 rings (SSSR count). The Labute approximate surface area is 406 Å². The summed E-state index contributed by atoms with van der Waals surface area (Å²) in [7, 11) is 0. The van der Waals surface area contributed by atoms with E-state index in [1.54, 1.807) is 6.08 Å². The molecule has 6 nitrogen and oxygen atoms in total. The van der Waals surface area contributed by atoms with Crippen molar-refractivity contribution in [3.63, 3.8) is 0 Å². The topological polar surface area (TPSA) is 95.9 Å². The van der Waals surface area contributed by atoms with Gasteiger partial charge in [-0.3, -0.25) is 9.59 Å². The lowest BCUT2D eigenvalue weighted by Crippen LogP contribution is -2.45. The number of carbonyl (C=O) groups excluding carboxylic acids is 2. The number of hydrogen-bond acceptors (Lipinski definition) is 5. The fraction of sp³-hybridized carbons (Fsp3) is 0.932. The average molecular weight is 919 g/mol. The van der Waals surface area contributed by atoms with Crippen LogP contribution >= 0.6 is 0 Å². The van der Waals surface area contributed by atoms with Gasteiger partial charge < -0.3 is 20.3 Å². The summed E-state index contributed by atoms with van der Waals surface area (Å²) >= 11 is 0. The van der Waals surface area contributed by atoms with Gasteiger partial charge in [0, 0.05) is 12.8 Å². The molecular formula is C59H115NO5. The molecule has 0 fully saturated rings. The van der Waals surface area contributed by atoms with Crippen LogP contribution in [0.4, 0.5) is 0 Å². The molecule has 2 unspecified atom stereocenters. The number of amides is 1. The van der Waals surface area contributed by atoms with Crippen LogP contribution in [-0.2, 0) is 14.3 Å². The lowest BCUT2D eigenvalue weighted by Gasteiger charge is -2.20. The Balaban J connectivity index is 3.41. The first-order chi connectivity index (χ1) is 32.0. The number of ether oxygens (including phenoxy) is 1. The number of allylic oxidation sites excluding steroid dienone is 1. The number of nitrogens with one attached hydrogen (secondary N) is 1. The zero-order valence-electron chi connectivity index (χ0n) is 44.0. The minimum absolute atomic E-state index is 0.0111. The van der Waals surface area contributed by atoms with E-state index >= 15 is 0 Å². The largest absolute Gasteiger partial charge is 0.466 e. The van der Waals surface area contributed by atoms with Crippen molar-refractivity contribution in [1.29, 1.82) is 0 Å². The van der Waals surface area contributed by atoms with Gasteiger partial charge in [0.15, 0.2) is 0 Å². The van der Waals surface area contributed by atoms with E-state index < -0.39 is 12.1 Å².